The molecule has 0 unspecified atom stereocenters. The Balaban J connectivity index is 1.72. The van der Waals surface area contributed by atoms with Crippen LogP contribution in [0.1, 0.15) is 31.4 Å². The lowest BCUT2D eigenvalue weighted by Crippen LogP contribution is -2.09. The maximum atomic E-state index is 13.0. The first kappa shape index (κ1) is 19.6. The molecule has 0 aliphatic heterocycles. The van der Waals surface area contributed by atoms with Crippen LogP contribution in [0.15, 0.2) is 48.5 Å². The number of rotatable bonds is 4. The highest BCUT2D eigenvalue weighted by Gasteiger charge is 2.30. The Morgan fingerprint density at radius 1 is 1.10 bits per heavy atom. The predicted molar refractivity (Wildman–Crippen MR) is 110 cm³/mol. The van der Waals surface area contributed by atoms with Gasteiger partial charge < -0.3 is 5.73 Å². The van der Waals surface area contributed by atoms with Crippen molar-refractivity contribution in [3.8, 4) is 10.6 Å². The van der Waals surface area contributed by atoms with Crippen molar-refractivity contribution in [2.45, 2.75) is 19.5 Å². The number of benzene rings is 2. The summed E-state index contributed by atoms with van der Waals surface area (Å²) >= 11 is 2.77. The van der Waals surface area contributed by atoms with E-state index in [1.54, 1.807) is 13.0 Å². The van der Waals surface area contributed by atoms with E-state index in [1.807, 2.05) is 24.3 Å². The second kappa shape index (κ2) is 7.27. The number of amides is 1. The minimum absolute atomic E-state index is 0.409. The van der Waals surface area contributed by atoms with Crippen molar-refractivity contribution in [2.24, 2.45) is 5.73 Å². The van der Waals surface area contributed by atoms with Crippen LogP contribution >= 0.6 is 22.7 Å². The third-order valence-electron chi connectivity index (χ3n) is 4.48. The summed E-state index contributed by atoms with van der Waals surface area (Å²) in [5.74, 6) is -0.505. The number of thiophene rings is 1. The van der Waals surface area contributed by atoms with Gasteiger partial charge in [-0.15, -0.1) is 22.7 Å². The van der Waals surface area contributed by atoms with Crippen molar-refractivity contribution in [2.75, 3.05) is 0 Å². The van der Waals surface area contributed by atoms with E-state index in [4.69, 9.17) is 5.73 Å². The summed E-state index contributed by atoms with van der Waals surface area (Å²) in [5.41, 5.74) is 6.85. The summed E-state index contributed by atoms with van der Waals surface area (Å²) in [6.45, 7) is 1.74. The minimum atomic E-state index is -4.36. The topological polar surface area (TPSA) is 56.0 Å². The molecule has 0 spiro atoms. The highest BCUT2D eigenvalue weighted by molar-refractivity contribution is 7.21. The Hall–Kier alpha value is -2.71. The third kappa shape index (κ3) is 3.90. The second-order valence-electron chi connectivity index (χ2n) is 6.61. The van der Waals surface area contributed by atoms with E-state index in [0.29, 0.717) is 27.6 Å². The number of hydrogen-bond acceptors (Lipinski definition) is 4. The normalized spacial score (nSPS) is 11.9. The Labute approximate surface area is 172 Å². The number of halogens is 3. The van der Waals surface area contributed by atoms with Gasteiger partial charge in [0.25, 0.3) is 5.91 Å². The molecule has 0 fully saturated rings. The number of alkyl halides is 3. The molecule has 0 radical (unpaired) electrons. The van der Waals surface area contributed by atoms with Gasteiger partial charge in [-0.3, -0.25) is 4.79 Å². The number of nitrogens with two attached hydrogens (primary N) is 1. The highest BCUT2D eigenvalue weighted by atomic mass is 32.1. The zero-order valence-electron chi connectivity index (χ0n) is 15.2. The molecule has 2 aromatic carbocycles. The summed E-state index contributed by atoms with van der Waals surface area (Å²) in [4.78, 5) is 17.4. The standard InChI is InChI=1S/C21H15F3N2OS2/c1-11-17(19(25)27)29-20(26-11)16-7-3-5-13-10-15(28-18(13)16)9-12-4-2-6-14(8-12)21(22,23)24/h2-8,10H,9H2,1H3,(H2,25,27). The van der Waals surface area contributed by atoms with E-state index in [2.05, 4.69) is 4.98 Å². The second-order valence-corrected chi connectivity index (χ2v) is 8.75. The van der Waals surface area contributed by atoms with E-state index in [1.165, 1.54) is 34.8 Å². The molecular formula is C21H15F3N2OS2. The lowest BCUT2D eigenvalue weighted by molar-refractivity contribution is -0.137. The Morgan fingerprint density at radius 3 is 2.55 bits per heavy atom. The number of aromatic nitrogens is 1. The molecule has 4 rings (SSSR count). The molecule has 29 heavy (non-hydrogen) atoms. The molecule has 0 saturated carbocycles. The van der Waals surface area contributed by atoms with Crippen molar-refractivity contribution < 1.29 is 18.0 Å². The zero-order chi connectivity index (χ0) is 20.8. The molecule has 3 nitrogen and oxygen atoms in total. The first-order valence-corrected chi connectivity index (χ1v) is 10.3. The van der Waals surface area contributed by atoms with Crippen LogP contribution in [0.25, 0.3) is 20.7 Å². The number of primary amides is 1. The molecule has 4 aromatic rings. The summed E-state index contributed by atoms with van der Waals surface area (Å²) in [7, 11) is 0. The third-order valence-corrected chi connectivity index (χ3v) is 6.87. The molecule has 0 aliphatic carbocycles. The number of carbonyl (C=O) groups is 1. The molecule has 0 bridgehead atoms. The summed E-state index contributed by atoms with van der Waals surface area (Å²) in [6, 6.07) is 13.2. The first-order valence-electron chi connectivity index (χ1n) is 8.67. The van der Waals surface area contributed by atoms with Crippen LogP contribution in [0.2, 0.25) is 0 Å². The van der Waals surface area contributed by atoms with E-state index in [9.17, 15) is 18.0 Å². The molecular weight excluding hydrogens is 417 g/mol. The number of aryl methyl sites for hydroxylation is 1. The van der Waals surface area contributed by atoms with Crippen LogP contribution in [-0.4, -0.2) is 10.9 Å². The summed E-state index contributed by atoms with van der Waals surface area (Å²) in [5, 5.41) is 1.69. The zero-order valence-corrected chi connectivity index (χ0v) is 16.8. The molecule has 2 aromatic heterocycles. The van der Waals surface area contributed by atoms with Gasteiger partial charge in [0, 0.05) is 21.6 Å². The van der Waals surface area contributed by atoms with Gasteiger partial charge in [0.2, 0.25) is 0 Å². The van der Waals surface area contributed by atoms with Crippen molar-refractivity contribution >= 4 is 38.7 Å². The van der Waals surface area contributed by atoms with Gasteiger partial charge in [-0.05, 0) is 30.0 Å². The van der Waals surface area contributed by atoms with Gasteiger partial charge >= 0.3 is 6.18 Å². The monoisotopic (exact) mass is 432 g/mol. The molecule has 1 amide bonds. The number of thiazole rings is 1. The van der Waals surface area contributed by atoms with Gasteiger partial charge in [-0.1, -0.05) is 36.4 Å². The molecule has 2 N–H and O–H groups in total. The van der Waals surface area contributed by atoms with E-state index in [-0.39, 0.29) is 0 Å². The average Bonchev–Trinajstić information content (AvgIpc) is 3.23. The fourth-order valence-electron chi connectivity index (χ4n) is 3.17. The maximum absolute atomic E-state index is 13.0. The summed E-state index contributed by atoms with van der Waals surface area (Å²) < 4.78 is 39.9. The Kier molecular flexibility index (Phi) is 4.92. The van der Waals surface area contributed by atoms with Crippen molar-refractivity contribution in [1.82, 2.24) is 4.98 Å². The molecule has 0 saturated heterocycles. The SMILES string of the molecule is Cc1nc(-c2cccc3cc(Cc4cccc(C(F)(F)F)c4)sc23)sc1C(N)=O. The van der Waals surface area contributed by atoms with Gasteiger partial charge in [0.05, 0.1) is 11.3 Å². The molecule has 148 valence electrons. The Bertz CT molecular complexity index is 1220. The van der Waals surface area contributed by atoms with E-state index < -0.39 is 17.6 Å². The van der Waals surface area contributed by atoms with E-state index in [0.717, 1.165) is 26.6 Å². The van der Waals surface area contributed by atoms with Crippen LogP contribution in [0.5, 0.6) is 0 Å². The molecule has 2 heterocycles. The van der Waals surface area contributed by atoms with Crippen molar-refractivity contribution in [3.63, 3.8) is 0 Å². The van der Waals surface area contributed by atoms with E-state index >= 15 is 0 Å². The minimum Gasteiger partial charge on any atom is -0.365 e. The highest BCUT2D eigenvalue weighted by Crippen LogP contribution is 2.38. The van der Waals surface area contributed by atoms with Crippen LogP contribution in [-0.2, 0) is 12.6 Å². The van der Waals surface area contributed by atoms with Crippen LogP contribution in [0.4, 0.5) is 13.2 Å². The van der Waals surface area contributed by atoms with Crippen LogP contribution in [0, 0.1) is 6.92 Å². The largest absolute Gasteiger partial charge is 0.416 e. The smallest absolute Gasteiger partial charge is 0.365 e. The first-order chi connectivity index (χ1) is 13.7. The lowest BCUT2D eigenvalue weighted by Gasteiger charge is -2.08. The summed E-state index contributed by atoms with van der Waals surface area (Å²) in [6.07, 6.45) is -3.95. The molecule has 8 heteroatoms. The number of hydrogen-bond donors (Lipinski definition) is 1. The Morgan fingerprint density at radius 2 is 1.86 bits per heavy atom. The van der Waals surface area contributed by atoms with Gasteiger partial charge in [-0.2, -0.15) is 13.2 Å². The van der Waals surface area contributed by atoms with Crippen LogP contribution in [0.3, 0.4) is 0 Å². The lowest BCUT2D eigenvalue weighted by atomic mass is 10.1. The van der Waals surface area contributed by atoms with Crippen LogP contribution < -0.4 is 5.73 Å². The molecule has 0 atom stereocenters. The van der Waals surface area contributed by atoms with Crippen molar-refractivity contribution in [1.29, 1.82) is 0 Å². The quantitative estimate of drug-likeness (QED) is 0.427. The van der Waals surface area contributed by atoms with Gasteiger partial charge in [0.1, 0.15) is 9.88 Å². The fraction of sp³-hybridized carbons (Fsp3) is 0.143. The maximum Gasteiger partial charge on any atom is 0.416 e. The van der Waals surface area contributed by atoms with Gasteiger partial charge in [-0.25, -0.2) is 4.98 Å². The number of nitrogens with zero attached hydrogens (tertiary/aromatic N) is 1. The van der Waals surface area contributed by atoms with Gasteiger partial charge in [0.15, 0.2) is 0 Å². The average molecular weight is 432 g/mol. The predicted octanol–water partition coefficient (Wildman–Crippen LogP) is 6.04. The number of fused-ring (bicyclic) bond motifs is 1. The van der Waals surface area contributed by atoms with Crippen molar-refractivity contribution in [3.05, 3.63) is 75.1 Å². The number of carbonyl (C=O) groups excluding carboxylic acids is 1. The fourth-order valence-corrected chi connectivity index (χ4v) is 5.39. The molecule has 0 aliphatic rings.